The first kappa shape index (κ1) is 17.7. The second-order valence-corrected chi connectivity index (χ2v) is 9.09. The van der Waals surface area contributed by atoms with Gasteiger partial charge in [0.25, 0.3) is 5.91 Å². The topological polar surface area (TPSA) is 75.4 Å². The summed E-state index contributed by atoms with van der Waals surface area (Å²) in [7, 11) is 0. The highest BCUT2D eigenvalue weighted by Gasteiger charge is 2.34. The van der Waals surface area contributed by atoms with Gasteiger partial charge in [-0.2, -0.15) is 0 Å². The summed E-state index contributed by atoms with van der Waals surface area (Å²) in [4.78, 5) is 29.6. The Morgan fingerprint density at radius 3 is 2.92 bits per heavy atom. The molecule has 1 saturated heterocycles. The second kappa shape index (κ2) is 7.13. The van der Waals surface area contributed by atoms with Crippen molar-refractivity contribution in [3.05, 3.63) is 38.4 Å². The van der Waals surface area contributed by atoms with Gasteiger partial charge in [-0.1, -0.05) is 6.07 Å². The molecule has 2 aliphatic rings. The Morgan fingerprint density at radius 1 is 1.35 bits per heavy atom. The smallest absolute Gasteiger partial charge is 0.251 e. The van der Waals surface area contributed by atoms with E-state index in [1.165, 1.54) is 21.1 Å². The zero-order valence-corrected chi connectivity index (χ0v) is 16.4. The molecular weight excluding hydrogens is 366 g/mol. The molecule has 0 saturated carbocycles. The van der Waals surface area contributed by atoms with Gasteiger partial charge in [0.15, 0.2) is 0 Å². The Kier molecular flexibility index (Phi) is 4.86. The van der Waals surface area contributed by atoms with Gasteiger partial charge in [0, 0.05) is 15.8 Å². The monoisotopic (exact) mass is 389 g/mol. The molecule has 2 amide bonds. The minimum atomic E-state index is -0.440. The van der Waals surface area contributed by atoms with Crippen molar-refractivity contribution >= 4 is 39.5 Å². The lowest BCUT2D eigenvalue weighted by molar-refractivity contribution is -0.121. The van der Waals surface area contributed by atoms with Crippen molar-refractivity contribution in [2.75, 3.05) is 11.9 Å². The molecule has 1 aliphatic carbocycles. The Morgan fingerprint density at radius 2 is 2.19 bits per heavy atom. The molecule has 0 aromatic carbocycles. The molecule has 3 N–H and O–H groups in total. The molecule has 0 radical (unpaired) electrons. The summed E-state index contributed by atoms with van der Waals surface area (Å²) in [6, 6.07) is 4.27. The Balaban J connectivity index is 1.53. The number of carbonyl (C=O) groups excluding carboxylic acids is 2. The maximum absolute atomic E-state index is 12.9. The minimum absolute atomic E-state index is 0.0594. The number of hydrogen-bond donors (Lipinski definition) is 2. The summed E-state index contributed by atoms with van der Waals surface area (Å²) < 4.78 is 0. The van der Waals surface area contributed by atoms with Gasteiger partial charge in [0.05, 0.1) is 11.6 Å². The van der Waals surface area contributed by atoms with Crippen molar-refractivity contribution in [1.82, 2.24) is 4.90 Å². The van der Waals surface area contributed by atoms with Crippen LogP contribution in [0.4, 0.5) is 5.00 Å². The number of primary amides is 1. The van der Waals surface area contributed by atoms with Crippen molar-refractivity contribution < 1.29 is 9.59 Å². The summed E-state index contributed by atoms with van der Waals surface area (Å²) in [5.41, 5.74) is 7.17. The van der Waals surface area contributed by atoms with E-state index in [2.05, 4.69) is 27.7 Å². The van der Waals surface area contributed by atoms with Crippen LogP contribution in [-0.4, -0.2) is 29.3 Å². The highest BCUT2D eigenvalue weighted by Crippen LogP contribution is 2.40. The van der Waals surface area contributed by atoms with E-state index in [1.807, 2.05) is 6.92 Å². The summed E-state index contributed by atoms with van der Waals surface area (Å²) in [5.74, 6) is -0.499. The molecule has 1 fully saturated rings. The number of hydrogen-bond acceptors (Lipinski definition) is 5. The number of fused-ring (bicyclic) bond motifs is 1. The molecule has 26 heavy (non-hydrogen) atoms. The van der Waals surface area contributed by atoms with Crippen molar-refractivity contribution in [3.8, 4) is 0 Å². The fourth-order valence-electron chi connectivity index (χ4n) is 4.16. The van der Waals surface area contributed by atoms with Crippen LogP contribution in [0.5, 0.6) is 0 Å². The fourth-order valence-corrected chi connectivity index (χ4v) is 6.34. The number of aryl methyl sites for hydroxylation is 1. The summed E-state index contributed by atoms with van der Waals surface area (Å²) in [6.45, 7) is 2.87. The maximum atomic E-state index is 12.9. The molecule has 1 aliphatic heterocycles. The zero-order valence-electron chi connectivity index (χ0n) is 14.8. The number of nitrogens with one attached hydrogen (secondary N) is 1. The molecular formula is C19H23N3O2S2. The third-order valence-electron chi connectivity index (χ3n) is 5.45. The number of thiophene rings is 2. The van der Waals surface area contributed by atoms with E-state index in [1.54, 1.807) is 11.3 Å². The van der Waals surface area contributed by atoms with Crippen LogP contribution < -0.4 is 11.1 Å². The predicted octanol–water partition coefficient (Wildman–Crippen LogP) is 3.56. The molecule has 0 unspecified atom stereocenters. The third kappa shape index (κ3) is 3.08. The first-order valence-corrected chi connectivity index (χ1v) is 10.8. The van der Waals surface area contributed by atoms with Crippen LogP contribution in [0, 0.1) is 0 Å². The van der Waals surface area contributed by atoms with Crippen molar-refractivity contribution in [2.45, 2.75) is 51.1 Å². The predicted molar refractivity (Wildman–Crippen MR) is 106 cm³/mol. The minimum Gasteiger partial charge on any atom is -0.365 e. The number of nitrogens with two attached hydrogens (primary N) is 1. The second-order valence-electron chi connectivity index (χ2n) is 7.00. The van der Waals surface area contributed by atoms with Gasteiger partial charge >= 0.3 is 0 Å². The van der Waals surface area contributed by atoms with Gasteiger partial charge in [-0.15, -0.1) is 22.7 Å². The van der Waals surface area contributed by atoms with Gasteiger partial charge in [-0.3, -0.25) is 14.5 Å². The van der Waals surface area contributed by atoms with Gasteiger partial charge in [0.2, 0.25) is 5.91 Å². The van der Waals surface area contributed by atoms with Gasteiger partial charge in [-0.05, 0) is 62.6 Å². The highest BCUT2D eigenvalue weighted by molar-refractivity contribution is 7.17. The number of amides is 2. The Hall–Kier alpha value is -1.70. The summed E-state index contributed by atoms with van der Waals surface area (Å²) >= 11 is 3.26. The first-order chi connectivity index (χ1) is 12.6. The van der Waals surface area contributed by atoms with Crippen LogP contribution in [0.2, 0.25) is 0 Å². The standard InChI is InChI=1S/C19H23N3O2S2/c1-11(22-9-3-6-13(22)15-8-4-10-25-15)18(24)21-19-16(17(20)23)12-5-2-7-14(12)26-19/h4,8,10-11,13H,2-3,5-7,9H2,1H3,(H2,20,23)(H,21,24)/t11-,13+/m0/s1. The summed E-state index contributed by atoms with van der Waals surface area (Å²) in [5, 5.41) is 5.72. The fraction of sp³-hybridized carbons (Fsp3) is 0.474. The maximum Gasteiger partial charge on any atom is 0.251 e. The van der Waals surface area contributed by atoms with E-state index in [9.17, 15) is 9.59 Å². The van der Waals surface area contributed by atoms with Crippen LogP contribution in [0.25, 0.3) is 0 Å². The van der Waals surface area contributed by atoms with Crippen molar-refractivity contribution in [2.24, 2.45) is 5.73 Å². The molecule has 7 heteroatoms. The van der Waals surface area contributed by atoms with Gasteiger partial charge in [0.1, 0.15) is 5.00 Å². The average Bonchev–Trinajstić information content (AvgIpc) is 3.35. The average molecular weight is 390 g/mol. The van der Waals surface area contributed by atoms with E-state index in [0.717, 1.165) is 44.2 Å². The lowest BCUT2D eigenvalue weighted by atomic mass is 10.1. The molecule has 4 rings (SSSR count). The van der Waals surface area contributed by atoms with Gasteiger partial charge < -0.3 is 11.1 Å². The largest absolute Gasteiger partial charge is 0.365 e. The van der Waals surface area contributed by atoms with Crippen LogP contribution in [0.1, 0.15) is 57.9 Å². The molecule has 2 aromatic heterocycles. The molecule has 3 heterocycles. The van der Waals surface area contributed by atoms with E-state index >= 15 is 0 Å². The highest BCUT2D eigenvalue weighted by atomic mass is 32.1. The quantitative estimate of drug-likeness (QED) is 0.821. The normalized spacial score (nSPS) is 20.9. The first-order valence-electron chi connectivity index (χ1n) is 9.10. The van der Waals surface area contributed by atoms with Gasteiger partial charge in [-0.25, -0.2) is 0 Å². The van der Waals surface area contributed by atoms with Crippen molar-refractivity contribution in [1.29, 1.82) is 0 Å². The molecule has 5 nitrogen and oxygen atoms in total. The lowest BCUT2D eigenvalue weighted by Gasteiger charge is -2.29. The molecule has 2 aromatic rings. The molecule has 0 spiro atoms. The molecule has 2 atom stereocenters. The summed E-state index contributed by atoms with van der Waals surface area (Å²) in [6.07, 6.45) is 5.08. The van der Waals surface area contributed by atoms with Crippen molar-refractivity contribution in [3.63, 3.8) is 0 Å². The van der Waals surface area contributed by atoms with Crippen LogP contribution in [0.15, 0.2) is 17.5 Å². The van der Waals surface area contributed by atoms with E-state index in [4.69, 9.17) is 5.73 Å². The Labute approximate surface area is 161 Å². The van der Waals surface area contributed by atoms with Crippen LogP contribution >= 0.6 is 22.7 Å². The van der Waals surface area contributed by atoms with E-state index in [0.29, 0.717) is 16.6 Å². The van der Waals surface area contributed by atoms with Crippen LogP contribution in [-0.2, 0) is 17.6 Å². The lowest BCUT2D eigenvalue weighted by Crippen LogP contribution is -2.41. The van der Waals surface area contributed by atoms with E-state index in [-0.39, 0.29) is 11.9 Å². The molecule has 0 bridgehead atoms. The van der Waals surface area contributed by atoms with E-state index < -0.39 is 5.91 Å². The number of likely N-dealkylation sites (tertiary alicyclic amines) is 1. The number of carbonyl (C=O) groups is 2. The van der Waals surface area contributed by atoms with Crippen LogP contribution in [0.3, 0.4) is 0 Å². The Bertz CT molecular complexity index is 828. The zero-order chi connectivity index (χ0) is 18.3. The third-order valence-corrected chi connectivity index (χ3v) is 7.63. The molecule has 138 valence electrons. The number of rotatable bonds is 5. The SMILES string of the molecule is C[C@@H](C(=O)Nc1sc2c(c1C(N)=O)CCC2)N1CCC[C@@H]1c1cccs1. The number of anilines is 1. The number of nitrogens with zero attached hydrogens (tertiary/aromatic N) is 1.